The van der Waals surface area contributed by atoms with Crippen molar-refractivity contribution in [3.8, 4) is 0 Å². The van der Waals surface area contributed by atoms with Gasteiger partial charge in [-0.2, -0.15) is 0 Å². The number of imide groups is 1. The Bertz CT molecular complexity index is 738. The average molecular weight is 482 g/mol. The van der Waals surface area contributed by atoms with Crippen molar-refractivity contribution in [3.05, 3.63) is 0 Å². The van der Waals surface area contributed by atoms with Crippen molar-refractivity contribution in [2.24, 2.45) is 17.6 Å². The SMILES string of the molecule is CNC(=O)[C@H](CCCNC(N)=O)CC(=O)[C@@H](NC(=O)CCCCCN1C(=O)CCC1=O)C(C)C. The van der Waals surface area contributed by atoms with E-state index in [4.69, 9.17) is 5.73 Å². The molecular weight excluding hydrogens is 442 g/mol. The zero-order chi connectivity index (χ0) is 25.7. The van der Waals surface area contributed by atoms with Crippen LogP contribution in [0.1, 0.15) is 71.6 Å². The fourth-order valence-corrected chi connectivity index (χ4v) is 3.93. The van der Waals surface area contributed by atoms with Crippen LogP contribution in [-0.4, -0.2) is 66.5 Å². The molecule has 1 heterocycles. The number of Topliss-reactive ketones (excluding diaryl/α,β-unsaturated/α-hetero) is 1. The Kier molecular flexibility index (Phi) is 12.8. The molecule has 2 atom stereocenters. The van der Waals surface area contributed by atoms with Gasteiger partial charge in [0.1, 0.15) is 0 Å². The van der Waals surface area contributed by atoms with Gasteiger partial charge in [-0.25, -0.2) is 4.79 Å². The highest BCUT2D eigenvalue weighted by atomic mass is 16.2. The highest BCUT2D eigenvalue weighted by Gasteiger charge is 2.29. The molecule has 0 aromatic heterocycles. The number of primary amides is 1. The molecule has 0 unspecified atom stereocenters. The number of nitrogens with zero attached hydrogens (tertiary/aromatic N) is 1. The number of ketones is 1. The number of nitrogens with one attached hydrogen (secondary N) is 3. The Hall–Kier alpha value is -2.98. The molecule has 5 N–H and O–H groups in total. The molecule has 0 spiro atoms. The lowest BCUT2D eigenvalue weighted by molar-refractivity contribution is -0.138. The second-order valence-corrected chi connectivity index (χ2v) is 8.95. The van der Waals surface area contributed by atoms with E-state index in [0.717, 1.165) is 0 Å². The molecule has 1 aliphatic rings. The van der Waals surface area contributed by atoms with Crippen molar-refractivity contribution in [1.29, 1.82) is 0 Å². The fourth-order valence-electron chi connectivity index (χ4n) is 3.93. The van der Waals surface area contributed by atoms with E-state index in [-0.39, 0.29) is 61.0 Å². The molecule has 1 aliphatic heterocycles. The highest BCUT2D eigenvalue weighted by Crippen LogP contribution is 2.17. The lowest BCUT2D eigenvalue weighted by Crippen LogP contribution is -2.45. The Morgan fingerprint density at radius 1 is 1.00 bits per heavy atom. The summed E-state index contributed by atoms with van der Waals surface area (Å²) in [5, 5.41) is 7.81. The van der Waals surface area contributed by atoms with E-state index in [2.05, 4.69) is 16.0 Å². The smallest absolute Gasteiger partial charge is 0.312 e. The van der Waals surface area contributed by atoms with Crippen molar-refractivity contribution < 1.29 is 28.8 Å². The molecule has 0 saturated carbocycles. The summed E-state index contributed by atoms with van der Waals surface area (Å²) < 4.78 is 0. The molecule has 0 bridgehead atoms. The number of rotatable bonds is 16. The minimum absolute atomic E-state index is 0.0166. The molecule has 1 rings (SSSR count). The molecular formula is C23H39N5O6. The number of hydrogen-bond donors (Lipinski definition) is 4. The highest BCUT2D eigenvalue weighted by molar-refractivity contribution is 6.01. The van der Waals surface area contributed by atoms with E-state index in [1.807, 2.05) is 13.8 Å². The van der Waals surface area contributed by atoms with Gasteiger partial charge in [-0.15, -0.1) is 0 Å². The van der Waals surface area contributed by atoms with Gasteiger partial charge in [0.05, 0.1) is 6.04 Å². The summed E-state index contributed by atoms with van der Waals surface area (Å²) in [7, 11) is 1.50. The topological polar surface area (TPSA) is 168 Å². The number of likely N-dealkylation sites (tertiary alicyclic amines) is 1. The maximum atomic E-state index is 12.9. The first-order valence-electron chi connectivity index (χ1n) is 12.0. The first-order chi connectivity index (χ1) is 16.1. The van der Waals surface area contributed by atoms with Crippen molar-refractivity contribution in [3.63, 3.8) is 0 Å². The predicted octanol–water partition coefficient (Wildman–Crippen LogP) is 0.607. The van der Waals surface area contributed by atoms with Crippen LogP contribution in [0.4, 0.5) is 4.79 Å². The fraction of sp³-hybridized carbons (Fsp3) is 0.739. The van der Waals surface area contributed by atoms with Gasteiger partial charge in [0.25, 0.3) is 0 Å². The van der Waals surface area contributed by atoms with Crippen LogP contribution in [0.5, 0.6) is 0 Å². The number of urea groups is 1. The van der Waals surface area contributed by atoms with E-state index in [9.17, 15) is 28.8 Å². The molecule has 11 heteroatoms. The first kappa shape index (κ1) is 29.1. The van der Waals surface area contributed by atoms with Gasteiger partial charge in [0.15, 0.2) is 5.78 Å². The van der Waals surface area contributed by atoms with E-state index >= 15 is 0 Å². The molecule has 11 nitrogen and oxygen atoms in total. The van der Waals surface area contributed by atoms with Crippen LogP contribution in [0.25, 0.3) is 0 Å². The summed E-state index contributed by atoms with van der Waals surface area (Å²) in [6.07, 6.45) is 3.54. The van der Waals surface area contributed by atoms with Crippen molar-refractivity contribution in [1.82, 2.24) is 20.9 Å². The van der Waals surface area contributed by atoms with Crippen molar-refractivity contribution in [2.75, 3.05) is 20.1 Å². The molecule has 0 aliphatic carbocycles. The van der Waals surface area contributed by atoms with E-state index < -0.39 is 18.0 Å². The van der Waals surface area contributed by atoms with Crippen LogP contribution in [0.2, 0.25) is 0 Å². The number of hydrogen-bond acceptors (Lipinski definition) is 6. The first-order valence-corrected chi connectivity index (χ1v) is 12.0. The zero-order valence-corrected chi connectivity index (χ0v) is 20.5. The van der Waals surface area contributed by atoms with E-state index in [1.165, 1.54) is 11.9 Å². The Labute approximate surface area is 200 Å². The minimum Gasteiger partial charge on any atom is -0.359 e. The summed E-state index contributed by atoms with van der Waals surface area (Å²) in [5.41, 5.74) is 5.03. The average Bonchev–Trinajstić information content (AvgIpc) is 3.10. The third-order valence-corrected chi connectivity index (χ3v) is 5.86. The minimum atomic E-state index is -0.705. The monoisotopic (exact) mass is 481 g/mol. The normalized spacial score (nSPS) is 15.2. The Morgan fingerprint density at radius 3 is 2.21 bits per heavy atom. The second kappa shape index (κ2) is 15.0. The Morgan fingerprint density at radius 2 is 1.65 bits per heavy atom. The van der Waals surface area contributed by atoms with Gasteiger partial charge in [-0.3, -0.25) is 28.9 Å². The van der Waals surface area contributed by atoms with Crippen LogP contribution in [0.15, 0.2) is 0 Å². The number of nitrogens with two attached hydrogens (primary N) is 1. The molecule has 1 saturated heterocycles. The van der Waals surface area contributed by atoms with Crippen LogP contribution >= 0.6 is 0 Å². The second-order valence-electron chi connectivity index (χ2n) is 8.95. The number of amides is 6. The van der Waals surface area contributed by atoms with Crippen molar-refractivity contribution in [2.45, 2.75) is 77.7 Å². The summed E-state index contributed by atoms with van der Waals surface area (Å²) in [5.74, 6) is -1.73. The predicted molar refractivity (Wildman–Crippen MR) is 125 cm³/mol. The van der Waals surface area contributed by atoms with Crippen LogP contribution in [0.3, 0.4) is 0 Å². The quantitative estimate of drug-likeness (QED) is 0.186. The lowest BCUT2D eigenvalue weighted by atomic mass is 9.89. The van der Waals surface area contributed by atoms with Gasteiger partial charge in [0.2, 0.25) is 23.6 Å². The lowest BCUT2D eigenvalue weighted by Gasteiger charge is -2.24. The van der Waals surface area contributed by atoms with E-state index in [0.29, 0.717) is 45.2 Å². The summed E-state index contributed by atoms with van der Waals surface area (Å²) >= 11 is 0. The Balaban J connectivity index is 2.48. The van der Waals surface area contributed by atoms with E-state index in [1.54, 1.807) is 0 Å². The van der Waals surface area contributed by atoms with Crippen LogP contribution in [0, 0.1) is 11.8 Å². The molecule has 0 aromatic carbocycles. The van der Waals surface area contributed by atoms with Gasteiger partial charge < -0.3 is 21.7 Å². The van der Waals surface area contributed by atoms with Gasteiger partial charge in [-0.05, 0) is 31.6 Å². The third-order valence-electron chi connectivity index (χ3n) is 5.86. The number of carbonyl (C=O) groups is 6. The molecule has 1 fully saturated rings. The maximum absolute atomic E-state index is 12.9. The van der Waals surface area contributed by atoms with Crippen LogP contribution < -0.4 is 21.7 Å². The summed E-state index contributed by atoms with van der Waals surface area (Å²) in [6.45, 7) is 4.35. The molecule has 0 radical (unpaired) electrons. The molecule has 0 aromatic rings. The molecule has 6 amide bonds. The molecule has 192 valence electrons. The van der Waals surface area contributed by atoms with Gasteiger partial charge in [0, 0.05) is 51.7 Å². The zero-order valence-electron chi connectivity index (χ0n) is 20.5. The van der Waals surface area contributed by atoms with Gasteiger partial charge in [-0.1, -0.05) is 20.3 Å². The number of unbranched alkanes of at least 4 members (excludes halogenated alkanes) is 2. The largest absolute Gasteiger partial charge is 0.359 e. The summed E-state index contributed by atoms with van der Waals surface area (Å²) in [4.78, 5) is 72.8. The third kappa shape index (κ3) is 10.3. The molecule has 34 heavy (non-hydrogen) atoms. The van der Waals surface area contributed by atoms with Gasteiger partial charge >= 0.3 is 6.03 Å². The standard InChI is InChI=1S/C23H39N5O6/c1-15(2)21(17(29)14-16(22(33)25-3)8-7-12-26-23(24)34)27-18(30)9-5-4-6-13-28-19(31)10-11-20(28)32/h15-16,21H,4-14H2,1-3H3,(H,25,33)(H,27,30)(H3,24,26,34)/t16-,21+/m1/s1. The van der Waals surface area contributed by atoms with Crippen molar-refractivity contribution >= 4 is 35.4 Å². The number of carbonyl (C=O) groups excluding carboxylic acids is 6. The maximum Gasteiger partial charge on any atom is 0.312 e. The van der Waals surface area contributed by atoms with Crippen LogP contribution in [-0.2, 0) is 24.0 Å². The summed E-state index contributed by atoms with van der Waals surface area (Å²) in [6, 6.07) is -1.35.